The van der Waals surface area contributed by atoms with Crippen LogP contribution >= 0.6 is 11.8 Å². The Labute approximate surface area is 159 Å². The summed E-state index contributed by atoms with van der Waals surface area (Å²) in [5.41, 5.74) is 3.81. The van der Waals surface area contributed by atoms with E-state index < -0.39 is 0 Å². The summed E-state index contributed by atoms with van der Waals surface area (Å²) in [7, 11) is 0. The molecule has 3 rings (SSSR count). The number of para-hydroxylation sites is 1. The van der Waals surface area contributed by atoms with Crippen molar-refractivity contribution in [2.75, 3.05) is 16.0 Å². The number of hydrogen-bond donors (Lipinski definition) is 1. The fraction of sp³-hybridized carbons (Fsp3) is 0.333. The summed E-state index contributed by atoms with van der Waals surface area (Å²) >= 11 is 1.59. The van der Waals surface area contributed by atoms with Gasteiger partial charge in [0.2, 0.25) is 11.8 Å². The number of nitrogens with one attached hydrogen (secondary N) is 1. The van der Waals surface area contributed by atoms with E-state index in [2.05, 4.69) is 12.2 Å². The third-order valence-corrected chi connectivity index (χ3v) is 5.63. The molecule has 0 saturated carbocycles. The Kier molecular flexibility index (Phi) is 5.99. The topological polar surface area (TPSA) is 49.4 Å². The summed E-state index contributed by atoms with van der Waals surface area (Å²) in [4.78, 5) is 26.6. The highest BCUT2D eigenvalue weighted by Crippen LogP contribution is 2.44. The lowest BCUT2D eigenvalue weighted by Gasteiger charge is -2.26. The van der Waals surface area contributed by atoms with E-state index in [0.717, 1.165) is 35.3 Å². The Morgan fingerprint density at radius 1 is 1.19 bits per heavy atom. The number of nitrogens with zero attached hydrogens (tertiary/aromatic N) is 1. The Morgan fingerprint density at radius 2 is 1.92 bits per heavy atom. The van der Waals surface area contributed by atoms with E-state index in [9.17, 15) is 9.59 Å². The van der Waals surface area contributed by atoms with E-state index >= 15 is 0 Å². The Morgan fingerprint density at radius 3 is 2.65 bits per heavy atom. The van der Waals surface area contributed by atoms with Gasteiger partial charge in [-0.15, -0.1) is 11.8 Å². The average molecular weight is 369 g/mol. The third-order valence-electron chi connectivity index (χ3n) is 4.44. The second-order valence-electron chi connectivity index (χ2n) is 6.50. The summed E-state index contributed by atoms with van der Waals surface area (Å²) in [5.74, 6) is 0.558. The lowest BCUT2D eigenvalue weighted by molar-refractivity contribution is -0.116. The number of anilines is 2. The molecule has 0 aliphatic carbocycles. The largest absolute Gasteiger partial charge is 0.326 e. The Bertz CT molecular complexity index is 789. The first-order valence-corrected chi connectivity index (χ1v) is 10.0. The number of carbonyl (C=O) groups excluding carboxylic acids is 2. The van der Waals surface area contributed by atoms with E-state index in [1.165, 1.54) is 0 Å². The number of thioether (sulfide) groups is 1. The van der Waals surface area contributed by atoms with Gasteiger partial charge in [0.25, 0.3) is 0 Å². The molecule has 0 bridgehead atoms. The normalized spacial score (nSPS) is 16.8. The van der Waals surface area contributed by atoms with Crippen molar-refractivity contribution in [2.24, 2.45) is 0 Å². The van der Waals surface area contributed by atoms with Crippen LogP contribution in [0.15, 0.2) is 48.5 Å². The van der Waals surface area contributed by atoms with E-state index in [1.54, 1.807) is 11.8 Å². The number of carbonyl (C=O) groups is 2. The monoisotopic (exact) mass is 368 g/mol. The number of hydrogen-bond acceptors (Lipinski definition) is 3. The molecule has 0 spiro atoms. The molecule has 1 unspecified atom stereocenters. The fourth-order valence-electron chi connectivity index (χ4n) is 3.01. The van der Waals surface area contributed by atoms with Crippen LogP contribution in [0.2, 0.25) is 0 Å². The van der Waals surface area contributed by atoms with Crippen LogP contribution < -0.4 is 10.2 Å². The molecule has 2 amide bonds. The molecule has 2 aromatic rings. The quantitative estimate of drug-likeness (QED) is 0.789. The lowest BCUT2D eigenvalue weighted by atomic mass is 10.1. The predicted octanol–water partition coefficient (Wildman–Crippen LogP) is 4.90. The van der Waals surface area contributed by atoms with Crippen LogP contribution in [-0.4, -0.2) is 17.6 Å². The first kappa shape index (κ1) is 18.5. The zero-order valence-corrected chi connectivity index (χ0v) is 16.0. The van der Waals surface area contributed by atoms with Crippen molar-refractivity contribution in [3.05, 3.63) is 59.7 Å². The fourth-order valence-corrected chi connectivity index (χ4v) is 4.23. The molecule has 1 atom stereocenters. The lowest BCUT2D eigenvalue weighted by Crippen LogP contribution is -2.28. The van der Waals surface area contributed by atoms with Crippen molar-refractivity contribution in [1.29, 1.82) is 0 Å². The summed E-state index contributed by atoms with van der Waals surface area (Å²) < 4.78 is 0. The molecule has 1 N–H and O–H groups in total. The smallest absolute Gasteiger partial charge is 0.238 e. The minimum absolute atomic E-state index is 0.0236. The van der Waals surface area contributed by atoms with Gasteiger partial charge in [-0.25, -0.2) is 0 Å². The van der Waals surface area contributed by atoms with Crippen LogP contribution in [0, 0.1) is 6.92 Å². The SMILES string of the molecule is CCCCC(=O)Nc1ccccc1C1SCC(=O)N1c1ccc(C)cc1. The zero-order chi connectivity index (χ0) is 18.5. The summed E-state index contributed by atoms with van der Waals surface area (Å²) in [5, 5.41) is 2.90. The van der Waals surface area contributed by atoms with Gasteiger partial charge in [-0.1, -0.05) is 49.2 Å². The number of amides is 2. The maximum absolute atomic E-state index is 12.5. The van der Waals surface area contributed by atoms with Crippen molar-refractivity contribution in [2.45, 2.75) is 38.5 Å². The third kappa shape index (κ3) is 4.10. The molecule has 2 aromatic carbocycles. The van der Waals surface area contributed by atoms with Gasteiger partial charge < -0.3 is 5.32 Å². The first-order valence-electron chi connectivity index (χ1n) is 8.99. The minimum atomic E-state index is -0.132. The highest BCUT2D eigenvalue weighted by atomic mass is 32.2. The molecule has 1 heterocycles. The van der Waals surface area contributed by atoms with Gasteiger partial charge in [-0.05, 0) is 31.5 Å². The Hall–Kier alpha value is -2.27. The van der Waals surface area contributed by atoms with E-state index in [4.69, 9.17) is 0 Å². The minimum Gasteiger partial charge on any atom is -0.326 e. The number of rotatable bonds is 6. The van der Waals surface area contributed by atoms with Crippen LogP contribution in [0.3, 0.4) is 0 Å². The van der Waals surface area contributed by atoms with Crippen molar-refractivity contribution in [1.82, 2.24) is 0 Å². The molecule has 1 aliphatic heterocycles. The summed E-state index contributed by atoms with van der Waals surface area (Å²) in [6.07, 6.45) is 2.38. The van der Waals surface area contributed by atoms with Crippen LogP contribution in [0.25, 0.3) is 0 Å². The van der Waals surface area contributed by atoms with Gasteiger partial charge in [0.05, 0.1) is 5.75 Å². The van der Waals surface area contributed by atoms with Crippen molar-refractivity contribution >= 4 is 35.0 Å². The summed E-state index contributed by atoms with van der Waals surface area (Å²) in [6.45, 7) is 4.10. The first-order chi connectivity index (χ1) is 12.6. The van der Waals surface area contributed by atoms with Crippen LogP contribution in [-0.2, 0) is 9.59 Å². The van der Waals surface area contributed by atoms with Crippen molar-refractivity contribution in [3.63, 3.8) is 0 Å². The molecule has 4 nitrogen and oxygen atoms in total. The van der Waals surface area contributed by atoms with Crippen LogP contribution in [0.5, 0.6) is 0 Å². The van der Waals surface area contributed by atoms with E-state index in [-0.39, 0.29) is 17.2 Å². The second-order valence-corrected chi connectivity index (χ2v) is 7.57. The molecule has 26 heavy (non-hydrogen) atoms. The average Bonchev–Trinajstić information content (AvgIpc) is 3.02. The predicted molar refractivity (Wildman–Crippen MR) is 108 cm³/mol. The zero-order valence-electron chi connectivity index (χ0n) is 15.2. The Balaban J connectivity index is 1.88. The van der Waals surface area contributed by atoms with Gasteiger partial charge in [0.1, 0.15) is 5.37 Å². The molecule has 0 aromatic heterocycles. The second kappa shape index (κ2) is 8.41. The number of unbranched alkanes of at least 4 members (excludes halogenated alkanes) is 1. The van der Waals surface area contributed by atoms with Crippen molar-refractivity contribution < 1.29 is 9.59 Å². The number of benzene rings is 2. The maximum atomic E-state index is 12.5. The summed E-state index contributed by atoms with van der Waals surface area (Å²) in [6, 6.07) is 15.8. The molecule has 1 fully saturated rings. The van der Waals surface area contributed by atoms with Crippen molar-refractivity contribution in [3.8, 4) is 0 Å². The van der Waals surface area contributed by atoms with Gasteiger partial charge in [0.15, 0.2) is 0 Å². The van der Waals surface area contributed by atoms with Gasteiger partial charge in [-0.2, -0.15) is 0 Å². The number of aryl methyl sites for hydroxylation is 1. The molecule has 0 radical (unpaired) electrons. The van der Waals surface area contributed by atoms with Gasteiger partial charge >= 0.3 is 0 Å². The highest BCUT2D eigenvalue weighted by Gasteiger charge is 2.35. The molecule has 1 saturated heterocycles. The molecular weight excluding hydrogens is 344 g/mol. The molecular formula is C21H24N2O2S. The van der Waals surface area contributed by atoms with Crippen LogP contribution in [0.4, 0.5) is 11.4 Å². The molecule has 5 heteroatoms. The van der Waals surface area contributed by atoms with E-state index in [0.29, 0.717) is 12.2 Å². The van der Waals surface area contributed by atoms with Crippen LogP contribution in [0.1, 0.15) is 42.7 Å². The molecule has 1 aliphatic rings. The standard InChI is InChI=1S/C21H24N2O2S/c1-3-4-9-19(24)22-18-8-6-5-7-17(18)21-23(20(25)14-26-21)16-12-10-15(2)11-13-16/h5-8,10-13,21H,3-4,9,14H2,1-2H3,(H,22,24). The highest BCUT2D eigenvalue weighted by molar-refractivity contribution is 8.00. The van der Waals surface area contributed by atoms with Gasteiger partial charge in [-0.3, -0.25) is 14.5 Å². The van der Waals surface area contributed by atoms with Gasteiger partial charge in [0, 0.05) is 23.4 Å². The maximum Gasteiger partial charge on any atom is 0.238 e. The van der Waals surface area contributed by atoms with E-state index in [1.807, 2.05) is 60.4 Å². The molecule has 136 valence electrons.